The summed E-state index contributed by atoms with van der Waals surface area (Å²) in [4.78, 5) is 123. The molecule has 24 nitrogen and oxygen atoms in total. The van der Waals surface area contributed by atoms with Gasteiger partial charge in [0.1, 0.15) is 36.3 Å². The summed E-state index contributed by atoms with van der Waals surface area (Å²) in [5.41, 5.74) is 30.6. The number of aromatic amines is 5. The van der Waals surface area contributed by atoms with Crippen LogP contribution >= 0.6 is 0 Å². The fraction of sp³-hybridized carbons (Fsp3) is 0.284. The first-order chi connectivity index (χ1) is 44.1. The second-order valence-electron chi connectivity index (χ2n) is 22.9. The molecule has 91 heavy (non-hydrogen) atoms. The summed E-state index contributed by atoms with van der Waals surface area (Å²) in [5.74, 6) is -5.98. The Morgan fingerprint density at radius 1 is 0.385 bits per heavy atom. The summed E-state index contributed by atoms with van der Waals surface area (Å²) in [6.45, 7) is 0.483. The van der Waals surface area contributed by atoms with Gasteiger partial charge in [0.05, 0.1) is 6.04 Å². The van der Waals surface area contributed by atoms with Crippen LogP contribution in [0.1, 0.15) is 59.9 Å². The van der Waals surface area contributed by atoms with Crippen LogP contribution < -0.4 is 54.8 Å². The number of carbonyl (C=O) groups is 7. The van der Waals surface area contributed by atoms with Crippen LogP contribution in [0.2, 0.25) is 0 Å². The van der Waals surface area contributed by atoms with Crippen molar-refractivity contribution in [2.24, 2.45) is 27.9 Å². The Hall–Kier alpha value is -10.7. The number of nitrogens with two attached hydrogens (primary N) is 4. The highest BCUT2D eigenvalue weighted by Crippen LogP contribution is 2.25. The van der Waals surface area contributed by atoms with E-state index in [-0.39, 0.29) is 57.5 Å². The zero-order valence-corrected chi connectivity index (χ0v) is 50.0. The fourth-order valence-corrected chi connectivity index (χ4v) is 11.7. The number of guanidine groups is 1. The van der Waals surface area contributed by atoms with Crippen LogP contribution in [0, 0.1) is 0 Å². The number of carboxylic acids is 1. The molecule has 0 radical (unpaired) electrons. The summed E-state index contributed by atoms with van der Waals surface area (Å²) in [6.07, 6.45) is 9.84. The van der Waals surface area contributed by atoms with Crippen molar-refractivity contribution in [2.75, 3.05) is 13.1 Å². The molecule has 0 aliphatic heterocycles. The maximum Gasteiger partial charge on any atom is 0.326 e. The van der Waals surface area contributed by atoms with Gasteiger partial charge >= 0.3 is 5.97 Å². The van der Waals surface area contributed by atoms with Crippen molar-refractivity contribution in [3.8, 4) is 0 Å². The number of aromatic nitrogens is 5. The van der Waals surface area contributed by atoms with Crippen LogP contribution in [0.4, 0.5) is 0 Å². The van der Waals surface area contributed by atoms with Crippen LogP contribution in [0.5, 0.6) is 0 Å². The molecule has 10 aromatic rings. The van der Waals surface area contributed by atoms with Crippen LogP contribution in [0.25, 0.3) is 54.5 Å². The van der Waals surface area contributed by atoms with Gasteiger partial charge < -0.3 is 84.9 Å². The van der Waals surface area contributed by atoms with Gasteiger partial charge in [0.2, 0.25) is 35.4 Å². The third kappa shape index (κ3) is 15.8. The van der Waals surface area contributed by atoms with E-state index in [9.17, 15) is 24.3 Å². The molecule has 0 bridgehead atoms. The minimum atomic E-state index is -1.44. The van der Waals surface area contributed by atoms with Gasteiger partial charge in [-0.15, -0.1) is 0 Å². The van der Waals surface area contributed by atoms with Gasteiger partial charge in [0.25, 0.3) is 0 Å². The molecule has 5 aromatic carbocycles. The molecule has 472 valence electrons. The number of nitrogens with zero attached hydrogens (tertiary/aromatic N) is 1. The number of nitrogens with one attached hydrogen (secondary N) is 11. The van der Waals surface area contributed by atoms with Crippen LogP contribution in [-0.4, -0.2) is 133 Å². The van der Waals surface area contributed by atoms with Crippen molar-refractivity contribution in [3.63, 3.8) is 0 Å². The van der Waals surface area contributed by atoms with E-state index in [1.807, 2.05) is 121 Å². The molecule has 0 aliphatic rings. The van der Waals surface area contributed by atoms with Crippen molar-refractivity contribution in [2.45, 2.75) is 107 Å². The maximum absolute atomic E-state index is 15.5. The fourth-order valence-electron chi connectivity index (χ4n) is 11.7. The average molecular weight is 1230 g/mol. The Balaban J connectivity index is 0.968. The number of fused-ring (bicyclic) bond motifs is 5. The number of aliphatic imine (C=N–C) groups is 1. The highest BCUT2D eigenvalue weighted by molar-refractivity contribution is 5.99. The predicted molar refractivity (Wildman–Crippen MR) is 350 cm³/mol. The molecule has 5 aromatic heterocycles. The zero-order valence-electron chi connectivity index (χ0n) is 50.0. The number of aliphatic carboxylic acids is 1. The zero-order chi connectivity index (χ0) is 64.0. The molecule has 24 heteroatoms. The molecule has 0 spiro atoms. The van der Waals surface area contributed by atoms with Gasteiger partial charge in [-0.25, -0.2) is 4.79 Å². The van der Waals surface area contributed by atoms with E-state index in [0.29, 0.717) is 53.6 Å². The number of carbonyl (C=O) groups excluding carboxylic acids is 6. The summed E-state index contributed by atoms with van der Waals surface area (Å²) in [7, 11) is 0. The molecular weight excluding hydrogens is 1160 g/mol. The topological polar surface area (TPSA) is 407 Å². The van der Waals surface area contributed by atoms with Crippen molar-refractivity contribution in [3.05, 3.63) is 180 Å². The number of unbranched alkanes of at least 4 members (excludes halogenated alkanes) is 1. The molecule has 20 N–H and O–H groups in total. The number of para-hydroxylation sites is 5. The second-order valence-corrected chi connectivity index (χ2v) is 22.9. The molecule has 0 saturated carbocycles. The Morgan fingerprint density at radius 2 is 0.670 bits per heavy atom. The molecule has 0 aliphatic carbocycles. The van der Waals surface area contributed by atoms with Gasteiger partial charge in [-0.1, -0.05) is 97.4 Å². The van der Waals surface area contributed by atoms with Crippen LogP contribution in [0.3, 0.4) is 0 Å². The van der Waals surface area contributed by atoms with Crippen LogP contribution in [0.15, 0.2) is 157 Å². The quantitative estimate of drug-likeness (QED) is 0.0166. The van der Waals surface area contributed by atoms with E-state index in [2.05, 4.69) is 61.8 Å². The van der Waals surface area contributed by atoms with Gasteiger partial charge in [-0.05, 0) is 90.4 Å². The van der Waals surface area contributed by atoms with E-state index in [0.717, 1.165) is 54.5 Å². The van der Waals surface area contributed by atoms with Gasteiger partial charge in [0.15, 0.2) is 5.96 Å². The standard InChI is InChI=1S/C67H76N16O8/c68-26-12-11-19-48(69)60(84)79-55(28-38-33-73-49-20-6-1-14-43(38)49)62(86)78-54(25-13-27-72-67(70)71)61(85)80-56(29-39-34-74-50-21-7-2-15-44(39)50)63(87)81-57(30-40-35-75-51-22-8-3-16-45(40)51)64(88)82-58(31-41-36-76-52-23-9-4-17-46(41)52)65(89)83-59(66(90)91)32-42-37-77-53-24-10-5-18-47(42)53/h1-10,14-18,20-24,33-37,48,54-59,73-77H,11-13,19,25-32,68-69H2,(H,78,86)(H,79,84)(H,80,85)(H,81,87)(H,82,88)(H,83,89)(H,90,91)(H4,70,71,72)/t48-,54-,55-,56-,57-,58-,59-/m0/s1. The number of hydrogen-bond acceptors (Lipinski definition) is 10. The van der Waals surface area contributed by atoms with Crippen LogP contribution in [-0.2, 0) is 65.7 Å². The molecular formula is C67H76N16O8. The van der Waals surface area contributed by atoms with Crippen molar-refractivity contribution in [1.29, 1.82) is 0 Å². The lowest BCUT2D eigenvalue weighted by molar-refractivity contribution is -0.142. The maximum atomic E-state index is 15.5. The summed E-state index contributed by atoms with van der Waals surface area (Å²) in [5, 5.41) is 31.7. The smallest absolute Gasteiger partial charge is 0.326 e. The van der Waals surface area contributed by atoms with Crippen molar-refractivity contribution in [1.82, 2.24) is 56.8 Å². The average Bonchev–Trinajstić information content (AvgIpc) is 2.24. The number of H-pyrrole nitrogens is 5. The van der Waals surface area contributed by atoms with Gasteiger partial charge in [-0.2, -0.15) is 0 Å². The minimum Gasteiger partial charge on any atom is -0.480 e. The molecule has 6 amide bonds. The van der Waals surface area contributed by atoms with E-state index < -0.39 is 83.7 Å². The Kier molecular flexibility index (Phi) is 20.5. The lowest BCUT2D eigenvalue weighted by Gasteiger charge is -2.28. The third-order valence-electron chi connectivity index (χ3n) is 16.5. The van der Waals surface area contributed by atoms with Crippen molar-refractivity contribution < 1.29 is 38.7 Å². The number of amides is 6. The second kappa shape index (κ2) is 29.5. The Bertz CT molecular complexity index is 4250. The largest absolute Gasteiger partial charge is 0.480 e. The molecule has 0 saturated heterocycles. The van der Waals surface area contributed by atoms with E-state index in [4.69, 9.17) is 22.9 Å². The number of hydrogen-bond donors (Lipinski definition) is 16. The number of carboxylic acid groups (broad SMARTS) is 1. The SMILES string of the molecule is NCCCC[C@H](N)C(=O)N[C@@H](Cc1c[nH]c2ccccc12)C(=O)N[C@@H](CCCN=C(N)N)C(=O)N[C@@H](Cc1c[nH]c2ccccc12)C(=O)N[C@@H](Cc1c[nH]c2ccccc12)C(=O)N[C@@H](Cc1c[nH]c2ccccc12)C(=O)N[C@@H](Cc1c[nH]c2ccccc12)C(=O)O. The Morgan fingerprint density at radius 3 is 0.989 bits per heavy atom. The van der Waals surface area contributed by atoms with Gasteiger partial charge in [-0.3, -0.25) is 33.8 Å². The first kappa shape index (κ1) is 63.3. The van der Waals surface area contributed by atoms with Gasteiger partial charge in [0, 0.05) is 124 Å². The monoisotopic (exact) mass is 1230 g/mol. The van der Waals surface area contributed by atoms with E-state index in [1.165, 1.54) is 0 Å². The summed E-state index contributed by atoms with van der Waals surface area (Å²) in [6, 6.07) is 27.8. The molecule has 0 fully saturated rings. The highest BCUT2D eigenvalue weighted by atomic mass is 16.4. The van der Waals surface area contributed by atoms with E-state index >= 15 is 14.4 Å². The lowest BCUT2D eigenvalue weighted by atomic mass is 9.99. The molecule has 5 heterocycles. The first-order valence-electron chi connectivity index (χ1n) is 30.4. The summed E-state index contributed by atoms with van der Waals surface area (Å²) < 4.78 is 0. The van der Waals surface area contributed by atoms with E-state index in [1.54, 1.807) is 31.0 Å². The third-order valence-corrected chi connectivity index (χ3v) is 16.5. The first-order valence-corrected chi connectivity index (χ1v) is 30.4. The molecule has 0 unspecified atom stereocenters. The number of rotatable bonds is 31. The number of benzene rings is 5. The minimum absolute atomic E-state index is 0.000367. The normalized spacial score (nSPS) is 13.8. The Labute approximate surface area is 522 Å². The highest BCUT2D eigenvalue weighted by Gasteiger charge is 2.36. The van der Waals surface area contributed by atoms with Crippen molar-refractivity contribution >= 4 is 102 Å². The summed E-state index contributed by atoms with van der Waals surface area (Å²) >= 11 is 0. The molecule has 7 atom stereocenters. The predicted octanol–water partition coefficient (Wildman–Crippen LogP) is 4.11. The lowest BCUT2D eigenvalue weighted by Crippen LogP contribution is -2.60. The molecule has 10 rings (SSSR count).